The number of benzene rings is 1. The van der Waals surface area contributed by atoms with Crippen LogP contribution >= 0.6 is 0 Å². The monoisotopic (exact) mass is 383 g/mol. The van der Waals surface area contributed by atoms with Crippen molar-refractivity contribution in [1.29, 1.82) is 0 Å². The van der Waals surface area contributed by atoms with E-state index in [0.717, 1.165) is 25.2 Å². The normalized spacial score (nSPS) is 14.8. The summed E-state index contributed by atoms with van der Waals surface area (Å²) in [5.74, 6) is 0. The molecule has 0 saturated carbocycles. The molecule has 8 nitrogen and oxygen atoms in total. The highest BCUT2D eigenvalue weighted by molar-refractivity contribution is 5.69. The summed E-state index contributed by atoms with van der Waals surface area (Å²) in [6, 6.07) is 8.63. The van der Waals surface area contributed by atoms with Gasteiger partial charge >= 0.3 is 11.7 Å². The van der Waals surface area contributed by atoms with Gasteiger partial charge in [-0.15, -0.1) is 0 Å². The van der Waals surface area contributed by atoms with E-state index in [1.807, 2.05) is 6.07 Å². The Labute approximate surface area is 163 Å². The van der Waals surface area contributed by atoms with Gasteiger partial charge in [-0.05, 0) is 37.1 Å². The fourth-order valence-electron chi connectivity index (χ4n) is 3.57. The van der Waals surface area contributed by atoms with Crippen LogP contribution in [0.4, 0.5) is 0 Å². The third kappa shape index (κ3) is 4.23. The number of aromatic nitrogens is 4. The van der Waals surface area contributed by atoms with Gasteiger partial charge in [-0.3, -0.25) is 9.47 Å². The predicted molar refractivity (Wildman–Crippen MR) is 106 cm³/mol. The molecule has 0 radical (unpaired) electrons. The lowest BCUT2D eigenvalue weighted by molar-refractivity contribution is 0.141. The molecule has 0 aliphatic carbocycles. The molecule has 1 aliphatic heterocycles. The zero-order valence-electron chi connectivity index (χ0n) is 16.1. The fraction of sp³-hybridized carbons (Fsp3) is 0.450. The van der Waals surface area contributed by atoms with Crippen molar-refractivity contribution in [3.63, 3.8) is 0 Å². The number of hydrogen-bond donors (Lipinski definition) is 1. The molecular formula is C20H25N5O3. The standard InChI is InChI=1S/C20H25N5O3/c1-27-9-10-28-19-21-12-17-18(23-19)25(20(26)22-17)14-16-6-4-5-15(11-16)13-24-7-2-3-8-24/h4-6,11-12H,2-3,7-10,13-14H2,1H3,(H,22,26). The number of methoxy groups -OCH3 is 1. The van der Waals surface area contributed by atoms with Crippen LogP contribution in [-0.4, -0.2) is 57.8 Å². The highest BCUT2D eigenvalue weighted by atomic mass is 16.5. The summed E-state index contributed by atoms with van der Waals surface area (Å²) in [6.45, 7) is 4.53. The molecule has 3 heterocycles. The van der Waals surface area contributed by atoms with E-state index >= 15 is 0 Å². The Morgan fingerprint density at radius 2 is 1.93 bits per heavy atom. The Kier molecular flexibility index (Phi) is 5.68. The van der Waals surface area contributed by atoms with E-state index in [4.69, 9.17) is 9.47 Å². The van der Waals surface area contributed by atoms with Crippen molar-refractivity contribution in [1.82, 2.24) is 24.4 Å². The first-order chi connectivity index (χ1) is 13.7. The SMILES string of the molecule is COCCOc1ncc2[nH]c(=O)n(Cc3cccc(CN4CCCC4)c3)c2n1. The smallest absolute Gasteiger partial charge is 0.328 e. The maximum atomic E-state index is 12.4. The lowest BCUT2D eigenvalue weighted by atomic mass is 10.1. The van der Waals surface area contributed by atoms with E-state index in [1.54, 1.807) is 17.9 Å². The number of rotatable bonds is 8. The molecule has 1 aromatic carbocycles. The number of imidazole rings is 1. The van der Waals surface area contributed by atoms with Crippen LogP contribution in [-0.2, 0) is 17.8 Å². The molecule has 0 spiro atoms. The molecular weight excluding hydrogens is 358 g/mol. The molecule has 3 aromatic rings. The molecule has 1 fully saturated rings. The first-order valence-corrected chi connectivity index (χ1v) is 9.60. The third-order valence-electron chi connectivity index (χ3n) is 4.94. The maximum Gasteiger partial charge on any atom is 0.328 e. The summed E-state index contributed by atoms with van der Waals surface area (Å²) in [5, 5.41) is 0. The molecule has 8 heteroatoms. The maximum absolute atomic E-state index is 12.4. The Bertz CT molecular complexity index is 991. The number of aromatic amines is 1. The van der Waals surface area contributed by atoms with Gasteiger partial charge in [0.25, 0.3) is 0 Å². The molecule has 0 bridgehead atoms. The third-order valence-corrected chi connectivity index (χ3v) is 4.94. The van der Waals surface area contributed by atoms with Gasteiger partial charge in [-0.2, -0.15) is 4.98 Å². The second kappa shape index (κ2) is 8.53. The van der Waals surface area contributed by atoms with Crippen molar-refractivity contribution in [2.24, 2.45) is 0 Å². The van der Waals surface area contributed by atoms with Gasteiger partial charge in [0.2, 0.25) is 0 Å². The van der Waals surface area contributed by atoms with Crippen molar-refractivity contribution < 1.29 is 9.47 Å². The number of H-pyrrole nitrogens is 1. The van der Waals surface area contributed by atoms with Crippen LogP contribution in [0.5, 0.6) is 6.01 Å². The van der Waals surface area contributed by atoms with Crippen LogP contribution in [0.1, 0.15) is 24.0 Å². The number of ether oxygens (including phenoxy) is 2. The van der Waals surface area contributed by atoms with Gasteiger partial charge in [-0.1, -0.05) is 24.3 Å². The summed E-state index contributed by atoms with van der Waals surface area (Å²) in [5.41, 5.74) is 3.27. The summed E-state index contributed by atoms with van der Waals surface area (Å²) in [7, 11) is 1.61. The Hall–Kier alpha value is -2.71. The van der Waals surface area contributed by atoms with E-state index in [2.05, 4.69) is 38.1 Å². The summed E-state index contributed by atoms with van der Waals surface area (Å²) >= 11 is 0. The zero-order chi connectivity index (χ0) is 19.3. The summed E-state index contributed by atoms with van der Waals surface area (Å²) in [4.78, 5) is 26.3. The number of hydrogen-bond acceptors (Lipinski definition) is 6. The van der Waals surface area contributed by atoms with E-state index in [0.29, 0.717) is 30.9 Å². The lowest BCUT2D eigenvalue weighted by Gasteiger charge is -2.15. The Morgan fingerprint density at radius 3 is 2.71 bits per heavy atom. The molecule has 1 N–H and O–H groups in total. The quantitative estimate of drug-likeness (QED) is 0.597. The lowest BCUT2D eigenvalue weighted by Crippen LogP contribution is -2.19. The van der Waals surface area contributed by atoms with Crippen molar-refractivity contribution in [2.45, 2.75) is 25.9 Å². The Balaban J connectivity index is 1.55. The highest BCUT2D eigenvalue weighted by Crippen LogP contribution is 2.16. The van der Waals surface area contributed by atoms with Crippen molar-refractivity contribution in [3.05, 3.63) is 52.1 Å². The second-order valence-electron chi connectivity index (χ2n) is 7.05. The number of nitrogens with zero attached hydrogens (tertiary/aromatic N) is 4. The summed E-state index contributed by atoms with van der Waals surface area (Å²) in [6.07, 6.45) is 4.13. The minimum atomic E-state index is -0.205. The van der Waals surface area contributed by atoms with Crippen LogP contribution in [0.3, 0.4) is 0 Å². The van der Waals surface area contributed by atoms with E-state index in [1.165, 1.54) is 18.4 Å². The van der Waals surface area contributed by atoms with Crippen molar-refractivity contribution in [3.8, 4) is 6.01 Å². The van der Waals surface area contributed by atoms with Crippen molar-refractivity contribution >= 4 is 11.2 Å². The Morgan fingerprint density at radius 1 is 1.14 bits per heavy atom. The number of fused-ring (bicyclic) bond motifs is 1. The van der Waals surface area contributed by atoms with Gasteiger partial charge in [0.15, 0.2) is 5.65 Å². The number of nitrogens with one attached hydrogen (secondary N) is 1. The van der Waals surface area contributed by atoms with Crippen molar-refractivity contribution in [2.75, 3.05) is 33.4 Å². The molecule has 1 aliphatic rings. The zero-order valence-corrected chi connectivity index (χ0v) is 16.1. The van der Waals surface area contributed by atoms with E-state index < -0.39 is 0 Å². The first-order valence-electron chi connectivity index (χ1n) is 9.60. The van der Waals surface area contributed by atoms with Gasteiger partial charge in [0.1, 0.15) is 12.1 Å². The molecule has 1 saturated heterocycles. The average molecular weight is 383 g/mol. The van der Waals surface area contributed by atoms with E-state index in [-0.39, 0.29) is 11.7 Å². The van der Waals surface area contributed by atoms with Gasteiger partial charge in [0, 0.05) is 13.7 Å². The average Bonchev–Trinajstić information content (AvgIpc) is 3.31. The molecule has 0 unspecified atom stereocenters. The fourth-order valence-corrected chi connectivity index (χ4v) is 3.57. The minimum Gasteiger partial charge on any atom is -0.461 e. The van der Waals surface area contributed by atoms with Gasteiger partial charge in [0.05, 0.1) is 19.3 Å². The molecule has 2 aromatic heterocycles. The molecule has 28 heavy (non-hydrogen) atoms. The predicted octanol–water partition coefficient (Wildman–Crippen LogP) is 1.79. The first kappa shape index (κ1) is 18.6. The van der Waals surface area contributed by atoms with Crippen LogP contribution in [0.25, 0.3) is 11.2 Å². The minimum absolute atomic E-state index is 0.205. The number of likely N-dealkylation sites (tertiary alicyclic amines) is 1. The van der Waals surface area contributed by atoms with Crippen LogP contribution in [0.15, 0.2) is 35.3 Å². The van der Waals surface area contributed by atoms with Crippen LogP contribution in [0, 0.1) is 0 Å². The largest absolute Gasteiger partial charge is 0.461 e. The van der Waals surface area contributed by atoms with Gasteiger partial charge < -0.3 is 14.5 Å². The summed E-state index contributed by atoms with van der Waals surface area (Å²) < 4.78 is 12.1. The molecule has 148 valence electrons. The molecule has 0 amide bonds. The van der Waals surface area contributed by atoms with Crippen LogP contribution < -0.4 is 10.4 Å². The van der Waals surface area contributed by atoms with Crippen LogP contribution in [0.2, 0.25) is 0 Å². The second-order valence-corrected chi connectivity index (χ2v) is 7.05. The highest BCUT2D eigenvalue weighted by Gasteiger charge is 2.14. The topological polar surface area (TPSA) is 85.3 Å². The van der Waals surface area contributed by atoms with E-state index in [9.17, 15) is 4.79 Å². The molecule has 0 atom stereocenters. The van der Waals surface area contributed by atoms with Gasteiger partial charge in [-0.25, -0.2) is 9.78 Å². The molecule has 4 rings (SSSR count).